The number of hydrogen-bond acceptors (Lipinski definition) is 5. The molecule has 2 aromatic heterocycles. The second-order valence-corrected chi connectivity index (χ2v) is 10.1. The summed E-state index contributed by atoms with van der Waals surface area (Å²) in [6, 6.07) is 21.5. The molecule has 0 saturated carbocycles. The Bertz CT molecular complexity index is 1570. The molecule has 0 fully saturated rings. The monoisotopic (exact) mass is 432 g/mol. The second-order valence-electron chi connectivity index (χ2n) is 7.10. The first-order chi connectivity index (χ1) is 14.4. The van der Waals surface area contributed by atoms with Gasteiger partial charge in [-0.1, -0.05) is 18.2 Å². The third kappa shape index (κ3) is 3.14. The molecule has 0 spiro atoms. The topological polar surface area (TPSA) is 64.3 Å². The Balaban J connectivity index is 1.82. The molecular weight excluding hydrogens is 416 g/mol. The minimum absolute atomic E-state index is 0.117. The van der Waals surface area contributed by atoms with E-state index in [1.54, 1.807) is 35.6 Å². The van der Waals surface area contributed by atoms with Crippen LogP contribution in [0.2, 0.25) is 0 Å². The minimum atomic E-state index is -3.32. The fraction of sp³-hybridized carbons (Fsp3) is 0.0417. The quantitative estimate of drug-likeness (QED) is 0.364. The molecular formula is C24H16O4S2. The zero-order chi connectivity index (χ0) is 20.9. The lowest BCUT2D eigenvalue weighted by atomic mass is 9.97. The molecule has 3 aromatic carbocycles. The number of benzene rings is 3. The van der Waals surface area contributed by atoms with Crippen LogP contribution >= 0.6 is 11.3 Å². The summed E-state index contributed by atoms with van der Waals surface area (Å²) < 4.78 is 31.0. The van der Waals surface area contributed by atoms with Gasteiger partial charge in [-0.3, -0.25) is 4.79 Å². The summed E-state index contributed by atoms with van der Waals surface area (Å²) in [6.45, 7) is 0. The van der Waals surface area contributed by atoms with Crippen molar-refractivity contribution in [2.24, 2.45) is 0 Å². The fourth-order valence-electron chi connectivity index (χ4n) is 3.58. The predicted octanol–water partition coefficient (Wildman–Crippen LogP) is 5.75. The fourth-order valence-corrected chi connectivity index (χ4v) is 4.98. The lowest BCUT2D eigenvalue weighted by Gasteiger charge is -2.11. The van der Waals surface area contributed by atoms with E-state index < -0.39 is 9.84 Å². The molecule has 0 unspecified atom stereocenters. The van der Waals surface area contributed by atoms with E-state index in [1.807, 2.05) is 41.8 Å². The highest BCUT2D eigenvalue weighted by atomic mass is 32.2. The Morgan fingerprint density at radius 3 is 2.37 bits per heavy atom. The van der Waals surface area contributed by atoms with E-state index >= 15 is 0 Å². The van der Waals surface area contributed by atoms with E-state index in [-0.39, 0.29) is 10.3 Å². The van der Waals surface area contributed by atoms with Gasteiger partial charge in [0.15, 0.2) is 9.84 Å². The Kier molecular flexibility index (Phi) is 4.34. The Morgan fingerprint density at radius 1 is 0.867 bits per heavy atom. The first kappa shape index (κ1) is 18.8. The van der Waals surface area contributed by atoms with Crippen LogP contribution in [0.1, 0.15) is 0 Å². The SMILES string of the molecule is CS(=O)(=O)c1ccc(-c2oc3ccccc3c(=O)c2-c2ccc3sccc3c2)cc1. The van der Waals surface area contributed by atoms with Crippen LogP contribution in [0.4, 0.5) is 0 Å². The van der Waals surface area contributed by atoms with E-state index in [9.17, 15) is 13.2 Å². The molecule has 0 saturated heterocycles. The van der Waals surface area contributed by atoms with Crippen LogP contribution < -0.4 is 5.43 Å². The molecule has 0 bridgehead atoms. The highest BCUT2D eigenvalue weighted by Crippen LogP contribution is 2.35. The van der Waals surface area contributed by atoms with Crippen molar-refractivity contribution in [1.82, 2.24) is 0 Å². The normalized spacial score (nSPS) is 11.9. The predicted molar refractivity (Wildman–Crippen MR) is 122 cm³/mol. The molecule has 0 amide bonds. The van der Waals surface area contributed by atoms with Gasteiger partial charge in [-0.05, 0) is 70.9 Å². The van der Waals surface area contributed by atoms with Crippen LogP contribution in [0.25, 0.3) is 43.5 Å². The third-order valence-corrected chi connectivity index (χ3v) is 7.11. The van der Waals surface area contributed by atoms with Crippen LogP contribution in [0.15, 0.2) is 92.3 Å². The summed E-state index contributed by atoms with van der Waals surface area (Å²) in [7, 11) is -3.32. The molecule has 0 N–H and O–H groups in total. The molecule has 4 nitrogen and oxygen atoms in total. The first-order valence-corrected chi connectivity index (χ1v) is 12.0. The third-order valence-electron chi connectivity index (χ3n) is 5.08. The van der Waals surface area contributed by atoms with E-state index in [4.69, 9.17) is 4.42 Å². The van der Waals surface area contributed by atoms with Gasteiger partial charge in [0.1, 0.15) is 11.3 Å². The van der Waals surface area contributed by atoms with Gasteiger partial charge in [-0.2, -0.15) is 0 Å². The van der Waals surface area contributed by atoms with E-state index in [0.29, 0.717) is 27.9 Å². The summed E-state index contributed by atoms with van der Waals surface area (Å²) in [5.41, 5.74) is 2.25. The number of para-hydroxylation sites is 1. The lowest BCUT2D eigenvalue weighted by Crippen LogP contribution is -2.07. The van der Waals surface area contributed by atoms with E-state index in [0.717, 1.165) is 15.6 Å². The molecule has 30 heavy (non-hydrogen) atoms. The summed E-state index contributed by atoms with van der Waals surface area (Å²) in [5, 5.41) is 3.58. The van der Waals surface area contributed by atoms with Crippen molar-refractivity contribution >= 4 is 42.2 Å². The van der Waals surface area contributed by atoms with Crippen molar-refractivity contribution in [3.63, 3.8) is 0 Å². The van der Waals surface area contributed by atoms with Crippen LogP contribution in [0.5, 0.6) is 0 Å². The summed E-state index contributed by atoms with van der Waals surface area (Å²) >= 11 is 1.64. The molecule has 2 heterocycles. The number of fused-ring (bicyclic) bond motifs is 2. The van der Waals surface area contributed by atoms with Crippen molar-refractivity contribution in [2.75, 3.05) is 6.26 Å². The van der Waals surface area contributed by atoms with Crippen LogP contribution in [-0.2, 0) is 9.84 Å². The van der Waals surface area contributed by atoms with Gasteiger partial charge in [-0.25, -0.2) is 8.42 Å². The van der Waals surface area contributed by atoms with E-state index in [2.05, 4.69) is 0 Å². The average molecular weight is 433 g/mol. The molecule has 0 aliphatic carbocycles. The van der Waals surface area contributed by atoms with Crippen LogP contribution in [0.3, 0.4) is 0 Å². The maximum absolute atomic E-state index is 13.5. The maximum atomic E-state index is 13.5. The van der Waals surface area contributed by atoms with Crippen LogP contribution in [0, 0.1) is 0 Å². The van der Waals surface area contributed by atoms with E-state index in [1.165, 1.54) is 18.4 Å². The van der Waals surface area contributed by atoms with Gasteiger partial charge in [0.25, 0.3) is 0 Å². The van der Waals surface area contributed by atoms with Crippen molar-refractivity contribution < 1.29 is 12.8 Å². The number of thiophene rings is 1. The Hall–Kier alpha value is -3.22. The first-order valence-electron chi connectivity index (χ1n) is 9.26. The Labute approximate surface area is 177 Å². The summed E-state index contributed by atoms with van der Waals surface area (Å²) in [4.78, 5) is 13.7. The zero-order valence-corrected chi connectivity index (χ0v) is 17.6. The smallest absolute Gasteiger partial charge is 0.201 e. The molecule has 148 valence electrons. The maximum Gasteiger partial charge on any atom is 0.201 e. The molecule has 0 atom stereocenters. The zero-order valence-electron chi connectivity index (χ0n) is 16.0. The second kappa shape index (κ2) is 6.93. The number of sulfone groups is 1. The minimum Gasteiger partial charge on any atom is -0.455 e. The molecule has 0 aliphatic rings. The largest absolute Gasteiger partial charge is 0.455 e. The van der Waals surface area contributed by atoms with Gasteiger partial charge in [0.05, 0.1) is 15.8 Å². The Morgan fingerprint density at radius 2 is 1.60 bits per heavy atom. The highest BCUT2D eigenvalue weighted by molar-refractivity contribution is 7.90. The lowest BCUT2D eigenvalue weighted by molar-refractivity contribution is 0.601. The highest BCUT2D eigenvalue weighted by Gasteiger charge is 2.19. The molecule has 5 rings (SSSR count). The summed E-state index contributed by atoms with van der Waals surface area (Å²) in [6.07, 6.45) is 1.17. The summed E-state index contributed by atoms with van der Waals surface area (Å²) in [5.74, 6) is 0.424. The number of hydrogen-bond donors (Lipinski definition) is 0. The standard InChI is InChI=1S/C24H16O4S2/c1-30(26,27)18-9-6-15(7-10-18)24-22(17-8-11-21-16(14-17)12-13-29-21)23(25)19-4-2-3-5-20(19)28-24/h2-14H,1H3. The molecule has 5 aromatic rings. The molecule has 0 aliphatic heterocycles. The number of rotatable bonds is 3. The van der Waals surface area contributed by atoms with Crippen LogP contribution in [-0.4, -0.2) is 14.7 Å². The molecule has 6 heteroatoms. The van der Waals surface area contributed by atoms with Gasteiger partial charge in [0.2, 0.25) is 5.43 Å². The van der Waals surface area contributed by atoms with Gasteiger partial charge >= 0.3 is 0 Å². The van der Waals surface area contributed by atoms with Crippen molar-refractivity contribution in [3.05, 3.63) is 88.4 Å². The van der Waals surface area contributed by atoms with Crippen molar-refractivity contribution in [2.45, 2.75) is 4.90 Å². The van der Waals surface area contributed by atoms with Crippen molar-refractivity contribution in [3.8, 4) is 22.5 Å². The van der Waals surface area contributed by atoms with Gasteiger partial charge in [0, 0.05) is 16.5 Å². The van der Waals surface area contributed by atoms with Gasteiger partial charge in [-0.15, -0.1) is 11.3 Å². The molecule has 0 radical (unpaired) electrons. The van der Waals surface area contributed by atoms with Crippen molar-refractivity contribution in [1.29, 1.82) is 0 Å². The average Bonchev–Trinajstić information content (AvgIpc) is 3.21. The van der Waals surface area contributed by atoms with Gasteiger partial charge < -0.3 is 4.42 Å².